The summed E-state index contributed by atoms with van der Waals surface area (Å²) in [6, 6.07) is 4.22. The fourth-order valence-corrected chi connectivity index (χ4v) is 5.63. The molecular formula is C22H30N2O3. The number of fused-ring (bicyclic) bond motifs is 1. The van der Waals surface area contributed by atoms with Gasteiger partial charge in [-0.3, -0.25) is 4.79 Å². The van der Waals surface area contributed by atoms with Gasteiger partial charge in [0.25, 0.3) is 0 Å². The molecule has 3 aliphatic carbocycles. The molecule has 0 radical (unpaired) electrons. The number of aromatic nitrogens is 1. The summed E-state index contributed by atoms with van der Waals surface area (Å²) in [5.41, 5.74) is 2.30. The molecule has 0 atom stereocenters. The van der Waals surface area contributed by atoms with Crippen LogP contribution in [0.5, 0.6) is 5.88 Å². The van der Waals surface area contributed by atoms with Crippen molar-refractivity contribution in [3.8, 4) is 5.88 Å². The molecule has 0 bridgehead atoms. The standard InChI is InChI=1S/C22H30N2O3/c1-21(26)11-16(12-21)20(25)24-13-22(14-24)9-7-17(8-10-22)27-19-6-5-15-3-2-4-18(15)23-19/h5-6,16-17,26H,2-4,7-14H2,1H3. The largest absolute Gasteiger partial charge is 0.474 e. The van der Waals surface area contributed by atoms with Crippen molar-refractivity contribution in [2.24, 2.45) is 11.3 Å². The van der Waals surface area contributed by atoms with Crippen LogP contribution in [0.4, 0.5) is 0 Å². The first-order valence-corrected chi connectivity index (χ1v) is 10.6. The highest BCUT2D eigenvalue weighted by molar-refractivity contribution is 5.81. The van der Waals surface area contributed by atoms with Gasteiger partial charge in [0, 0.05) is 36.2 Å². The van der Waals surface area contributed by atoms with E-state index in [0.29, 0.717) is 18.3 Å². The molecule has 1 amide bonds. The maximum atomic E-state index is 12.5. The second-order valence-corrected chi connectivity index (χ2v) is 9.72. The summed E-state index contributed by atoms with van der Waals surface area (Å²) in [6.45, 7) is 3.62. The van der Waals surface area contributed by atoms with E-state index in [0.717, 1.165) is 57.5 Å². The van der Waals surface area contributed by atoms with Crippen LogP contribution >= 0.6 is 0 Å². The zero-order valence-electron chi connectivity index (χ0n) is 16.2. The molecule has 5 rings (SSSR count). The zero-order chi connectivity index (χ0) is 18.6. The van der Waals surface area contributed by atoms with Crippen LogP contribution in [0.3, 0.4) is 0 Å². The van der Waals surface area contributed by atoms with Crippen molar-refractivity contribution >= 4 is 5.91 Å². The third-order valence-electron chi connectivity index (χ3n) is 7.27. The Hall–Kier alpha value is -1.62. The number of amides is 1. The normalized spacial score (nSPS) is 31.9. The van der Waals surface area contributed by atoms with E-state index in [1.165, 1.54) is 17.7 Å². The van der Waals surface area contributed by atoms with E-state index in [4.69, 9.17) is 9.72 Å². The third kappa shape index (κ3) is 3.24. The smallest absolute Gasteiger partial charge is 0.225 e. The summed E-state index contributed by atoms with van der Waals surface area (Å²) >= 11 is 0. The Morgan fingerprint density at radius 2 is 1.96 bits per heavy atom. The minimum Gasteiger partial charge on any atom is -0.474 e. The van der Waals surface area contributed by atoms with Gasteiger partial charge in [-0.25, -0.2) is 4.98 Å². The van der Waals surface area contributed by atoms with Gasteiger partial charge in [0.1, 0.15) is 6.10 Å². The Morgan fingerprint density at radius 3 is 2.67 bits per heavy atom. The minimum atomic E-state index is -0.621. The van der Waals surface area contributed by atoms with Crippen LogP contribution in [0.2, 0.25) is 0 Å². The Bertz CT molecular complexity index is 736. The van der Waals surface area contributed by atoms with Crippen molar-refractivity contribution in [1.29, 1.82) is 0 Å². The maximum absolute atomic E-state index is 12.5. The van der Waals surface area contributed by atoms with Gasteiger partial charge in [-0.1, -0.05) is 6.07 Å². The highest BCUT2D eigenvalue weighted by Gasteiger charge is 2.51. The monoisotopic (exact) mass is 370 g/mol. The summed E-state index contributed by atoms with van der Waals surface area (Å²) in [4.78, 5) is 19.2. The summed E-state index contributed by atoms with van der Waals surface area (Å²) in [6.07, 6.45) is 9.34. The highest BCUT2D eigenvalue weighted by atomic mass is 16.5. The predicted molar refractivity (Wildman–Crippen MR) is 102 cm³/mol. The van der Waals surface area contributed by atoms with Crippen molar-refractivity contribution in [3.63, 3.8) is 0 Å². The Labute approximate surface area is 161 Å². The quantitative estimate of drug-likeness (QED) is 0.889. The second kappa shape index (κ2) is 6.20. The average Bonchev–Trinajstić information content (AvgIpc) is 3.05. The van der Waals surface area contributed by atoms with Gasteiger partial charge >= 0.3 is 0 Å². The summed E-state index contributed by atoms with van der Waals surface area (Å²) in [7, 11) is 0. The maximum Gasteiger partial charge on any atom is 0.225 e. The van der Waals surface area contributed by atoms with Gasteiger partial charge in [0.2, 0.25) is 11.8 Å². The van der Waals surface area contributed by atoms with Crippen LogP contribution in [0.1, 0.15) is 63.1 Å². The van der Waals surface area contributed by atoms with E-state index in [-0.39, 0.29) is 17.9 Å². The number of hydrogen-bond donors (Lipinski definition) is 1. The first-order chi connectivity index (χ1) is 12.9. The lowest BCUT2D eigenvalue weighted by Crippen LogP contribution is -2.63. The topological polar surface area (TPSA) is 62.7 Å². The van der Waals surface area contributed by atoms with Crippen molar-refractivity contribution < 1.29 is 14.6 Å². The van der Waals surface area contributed by atoms with Gasteiger partial charge < -0.3 is 14.7 Å². The van der Waals surface area contributed by atoms with Crippen LogP contribution < -0.4 is 4.74 Å². The van der Waals surface area contributed by atoms with Gasteiger partial charge in [0.15, 0.2) is 0 Å². The third-order valence-corrected chi connectivity index (χ3v) is 7.27. The number of ether oxygens (including phenoxy) is 1. The van der Waals surface area contributed by atoms with Crippen LogP contribution in [0, 0.1) is 11.3 Å². The average molecular weight is 370 g/mol. The van der Waals surface area contributed by atoms with E-state index in [1.54, 1.807) is 0 Å². The van der Waals surface area contributed by atoms with Crippen LogP contribution in [-0.2, 0) is 17.6 Å². The fourth-order valence-electron chi connectivity index (χ4n) is 5.63. The molecule has 0 aromatic carbocycles. The number of aliphatic hydroxyl groups is 1. The first-order valence-electron chi connectivity index (χ1n) is 10.6. The first kappa shape index (κ1) is 17.5. The van der Waals surface area contributed by atoms with E-state index in [2.05, 4.69) is 6.07 Å². The van der Waals surface area contributed by atoms with Gasteiger partial charge in [0.05, 0.1) is 5.60 Å². The number of carbonyl (C=O) groups excluding carboxylic acids is 1. The molecule has 1 aromatic rings. The lowest BCUT2D eigenvalue weighted by molar-refractivity contribution is -0.164. The second-order valence-electron chi connectivity index (χ2n) is 9.72. The Morgan fingerprint density at radius 1 is 1.22 bits per heavy atom. The predicted octanol–water partition coefficient (Wildman–Crippen LogP) is 2.88. The number of nitrogens with zero attached hydrogens (tertiary/aromatic N) is 2. The van der Waals surface area contributed by atoms with Crippen molar-refractivity contribution in [2.45, 2.75) is 76.4 Å². The molecule has 5 heteroatoms. The molecule has 2 saturated carbocycles. The molecule has 4 aliphatic rings. The Balaban J connectivity index is 1.10. The molecular weight excluding hydrogens is 340 g/mol. The van der Waals surface area contributed by atoms with Gasteiger partial charge in [-0.05, 0) is 70.3 Å². The lowest BCUT2D eigenvalue weighted by atomic mass is 9.66. The molecule has 1 spiro atoms. The number of aryl methyl sites for hydroxylation is 2. The lowest BCUT2D eigenvalue weighted by Gasteiger charge is -2.55. The molecule has 27 heavy (non-hydrogen) atoms. The van der Waals surface area contributed by atoms with Crippen LogP contribution in [-0.4, -0.2) is 45.7 Å². The summed E-state index contributed by atoms with van der Waals surface area (Å²) in [5, 5.41) is 9.86. The summed E-state index contributed by atoms with van der Waals surface area (Å²) in [5.74, 6) is 1.09. The van der Waals surface area contributed by atoms with Gasteiger partial charge in [-0.2, -0.15) is 0 Å². The highest BCUT2D eigenvalue weighted by Crippen LogP contribution is 2.47. The van der Waals surface area contributed by atoms with Crippen LogP contribution in [0.25, 0.3) is 0 Å². The molecule has 0 unspecified atom stereocenters. The molecule has 5 nitrogen and oxygen atoms in total. The van der Waals surface area contributed by atoms with Crippen molar-refractivity contribution in [3.05, 3.63) is 23.4 Å². The number of pyridine rings is 1. The molecule has 2 heterocycles. The molecule has 146 valence electrons. The number of carbonyl (C=O) groups is 1. The Kier molecular flexibility index (Phi) is 4.01. The fraction of sp³-hybridized carbons (Fsp3) is 0.727. The zero-order valence-corrected chi connectivity index (χ0v) is 16.2. The molecule has 1 aromatic heterocycles. The SMILES string of the molecule is CC1(O)CC(C(=O)N2CC3(CCC(Oc4ccc5c(n4)CCC5)CC3)C2)C1. The van der Waals surface area contributed by atoms with Crippen molar-refractivity contribution in [2.75, 3.05) is 13.1 Å². The molecule has 3 fully saturated rings. The number of rotatable bonds is 3. The molecule has 1 N–H and O–H groups in total. The van der Waals surface area contributed by atoms with E-state index in [9.17, 15) is 9.90 Å². The van der Waals surface area contributed by atoms with E-state index < -0.39 is 5.60 Å². The van der Waals surface area contributed by atoms with Crippen LogP contribution in [0.15, 0.2) is 12.1 Å². The molecule has 1 saturated heterocycles. The minimum absolute atomic E-state index is 0.0444. The van der Waals surface area contributed by atoms with E-state index in [1.807, 2.05) is 17.9 Å². The number of likely N-dealkylation sites (tertiary alicyclic amines) is 1. The van der Waals surface area contributed by atoms with E-state index >= 15 is 0 Å². The van der Waals surface area contributed by atoms with Gasteiger partial charge in [-0.15, -0.1) is 0 Å². The molecule has 1 aliphatic heterocycles. The summed E-state index contributed by atoms with van der Waals surface area (Å²) < 4.78 is 6.19. The number of hydrogen-bond acceptors (Lipinski definition) is 4. The van der Waals surface area contributed by atoms with Crippen molar-refractivity contribution in [1.82, 2.24) is 9.88 Å².